The molecular formula is C14H26N4O. The third kappa shape index (κ3) is 4.58. The lowest BCUT2D eigenvalue weighted by Gasteiger charge is -2.34. The Morgan fingerprint density at radius 3 is 2.16 bits per heavy atom. The third-order valence-electron chi connectivity index (χ3n) is 2.67. The SMILES string of the molecule is CNc1ncnc(NC(C)(C)CC(C)(C)C)c1OC. The van der Waals surface area contributed by atoms with Crippen LogP contribution in [0.4, 0.5) is 11.6 Å². The molecule has 0 unspecified atom stereocenters. The van der Waals surface area contributed by atoms with Gasteiger partial charge in [-0.2, -0.15) is 0 Å². The van der Waals surface area contributed by atoms with Crippen molar-refractivity contribution < 1.29 is 4.74 Å². The maximum Gasteiger partial charge on any atom is 0.204 e. The first-order valence-corrected chi connectivity index (χ1v) is 6.53. The Morgan fingerprint density at radius 2 is 1.68 bits per heavy atom. The van der Waals surface area contributed by atoms with Crippen molar-refractivity contribution in [3.05, 3.63) is 6.33 Å². The molecule has 19 heavy (non-hydrogen) atoms. The zero-order valence-electron chi connectivity index (χ0n) is 13.1. The van der Waals surface area contributed by atoms with E-state index in [9.17, 15) is 0 Å². The lowest BCUT2D eigenvalue weighted by Crippen LogP contribution is -2.36. The Labute approximate surface area is 116 Å². The van der Waals surface area contributed by atoms with Crippen molar-refractivity contribution >= 4 is 11.6 Å². The van der Waals surface area contributed by atoms with Crippen LogP contribution in [0.3, 0.4) is 0 Å². The summed E-state index contributed by atoms with van der Waals surface area (Å²) in [5.74, 6) is 2.05. The van der Waals surface area contributed by atoms with Gasteiger partial charge in [0.2, 0.25) is 5.75 Å². The first kappa shape index (κ1) is 15.5. The fourth-order valence-electron chi connectivity index (χ4n) is 2.52. The third-order valence-corrected chi connectivity index (χ3v) is 2.67. The molecule has 0 spiro atoms. The first-order chi connectivity index (χ1) is 8.68. The van der Waals surface area contributed by atoms with Crippen molar-refractivity contribution in [2.45, 2.75) is 46.6 Å². The van der Waals surface area contributed by atoms with E-state index in [1.54, 1.807) is 7.11 Å². The summed E-state index contributed by atoms with van der Waals surface area (Å²) < 4.78 is 5.39. The van der Waals surface area contributed by atoms with E-state index in [-0.39, 0.29) is 11.0 Å². The number of hydrogen-bond donors (Lipinski definition) is 2. The van der Waals surface area contributed by atoms with E-state index in [0.29, 0.717) is 11.6 Å². The maximum atomic E-state index is 5.39. The summed E-state index contributed by atoms with van der Waals surface area (Å²) in [7, 11) is 3.44. The van der Waals surface area contributed by atoms with E-state index in [2.05, 4.69) is 55.2 Å². The summed E-state index contributed by atoms with van der Waals surface area (Å²) in [6.07, 6.45) is 2.55. The van der Waals surface area contributed by atoms with Gasteiger partial charge in [-0.1, -0.05) is 20.8 Å². The molecule has 1 rings (SSSR count). The maximum absolute atomic E-state index is 5.39. The van der Waals surface area contributed by atoms with Crippen LogP contribution >= 0.6 is 0 Å². The molecule has 0 radical (unpaired) electrons. The van der Waals surface area contributed by atoms with Crippen LogP contribution in [-0.2, 0) is 0 Å². The van der Waals surface area contributed by atoms with Gasteiger partial charge in [0.05, 0.1) is 7.11 Å². The van der Waals surface area contributed by atoms with Gasteiger partial charge < -0.3 is 15.4 Å². The number of rotatable bonds is 5. The van der Waals surface area contributed by atoms with Gasteiger partial charge in [-0.05, 0) is 25.7 Å². The molecule has 0 aliphatic rings. The van der Waals surface area contributed by atoms with Crippen LogP contribution in [0.1, 0.15) is 41.0 Å². The summed E-state index contributed by atoms with van der Waals surface area (Å²) >= 11 is 0. The van der Waals surface area contributed by atoms with Gasteiger partial charge in [-0.3, -0.25) is 0 Å². The molecule has 2 N–H and O–H groups in total. The Morgan fingerprint density at radius 1 is 1.11 bits per heavy atom. The van der Waals surface area contributed by atoms with E-state index in [1.807, 2.05) is 7.05 Å². The minimum atomic E-state index is -0.0785. The van der Waals surface area contributed by atoms with Crippen LogP contribution < -0.4 is 15.4 Å². The zero-order valence-corrected chi connectivity index (χ0v) is 13.1. The van der Waals surface area contributed by atoms with Crippen molar-refractivity contribution in [3.63, 3.8) is 0 Å². The molecule has 1 aromatic rings. The summed E-state index contributed by atoms with van der Waals surface area (Å²) in [5.41, 5.74) is 0.160. The fourth-order valence-corrected chi connectivity index (χ4v) is 2.52. The van der Waals surface area contributed by atoms with Crippen molar-refractivity contribution in [1.29, 1.82) is 0 Å². The highest BCUT2D eigenvalue weighted by molar-refractivity contribution is 5.63. The molecule has 5 nitrogen and oxygen atoms in total. The van der Waals surface area contributed by atoms with Gasteiger partial charge in [0.1, 0.15) is 6.33 Å². The lowest BCUT2D eigenvalue weighted by atomic mass is 9.82. The highest BCUT2D eigenvalue weighted by Crippen LogP contribution is 2.34. The van der Waals surface area contributed by atoms with Gasteiger partial charge in [0.15, 0.2) is 11.6 Å². The van der Waals surface area contributed by atoms with Crippen LogP contribution in [0.15, 0.2) is 6.33 Å². The monoisotopic (exact) mass is 266 g/mol. The molecule has 0 saturated carbocycles. The molecule has 5 heteroatoms. The summed E-state index contributed by atoms with van der Waals surface area (Å²) in [5, 5.41) is 6.46. The highest BCUT2D eigenvalue weighted by Gasteiger charge is 2.27. The highest BCUT2D eigenvalue weighted by atomic mass is 16.5. The fraction of sp³-hybridized carbons (Fsp3) is 0.714. The number of ether oxygens (including phenoxy) is 1. The largest absolute Gasteiger partial charge is 0.490 e. The number of aromatic nitrogens is 2. The standard InChI is InChI=1S/C14H26N4O/c1-13(2,3)8-14(4,5)18-12-10(19-7)11(15-6)16-9-17-12/h9H,8H2,1-7H3,(H2,15,16,17,18). The van der Waals surface area contributed by atoms with Gasteiger partial charge in [0.25, 0.3) is 0 Å². The second-order valence-corrected chi connectivity index (χ2v) is 6.60. The smallest absolute Gasteiger partial charge is 0.204 e. The molecule has 0 aromatic carbocycles. The van der Waals surface area contributed by atoms with Crippen molar-refractivity contribution in [1.82, 2.24) is 9.97 Å². The number of anilines is 2. The van der Waals surface area contributed by atoms with E-state index in [0.717, 1.165) is 12.2 Å². The number of nitrogens with zero attached hydrogens (tertiary/aromatic N) is 2. The number of methoxy groups -OCH3 is 1. The Hall–Kier alpha value is -1.52. The zero-order chi connectivity index (χ0) is 14.7. The molecular weight excluding hydrogens is 240 g/mol. The van der Waals surface area contributed by atoms with Crippen LogP contribution in [0.5, 0.6) is 5.75 Å². The minimum absolute atomic E-state index is 0.0785. The average molecular weight is 266 g/mol. The summed E-state index contributed by atoms with van der Waals surface area (Å²) in [6, 6.07) is 0. The predicted octanol–water partition coefficient (Wildman–Crippen LogP) is 3.15. The van der Waals surface area contributed by atoms with E-state index in [1.165, 1.54) is 6.33 Å². The van der Waals surface area contributed by atoms with E-state index in [4.69, 9.17) is 4.74 Å². The Kier molecular flexibility index (Phi) is 4.61. The summed E-state index contributed by atoms with van der Waals surface area (Å²) in [6.45, 7) is 11.0. The normalized spacial score (nSPS) is 12.2. The Balaban J connectivity index is 2.99. The minimum Gasteiger partial charge on any atom is -0.490 e. The molecule has 0 saturated heterocycles. The molecule has 0 aliphatic carbocycles. The summed E-state index contributed by atoms with van der Waals surface area (Å²) in [4.78, 5) is 8.43. The van der Waals surface area contributed by atoms with E-state index >= 15 is 0 Å². The molecule has 0 aliphatic heterocycles. The van der Waals surface area contributed by atoms with Crippen LogP contribution in [0.2, 0.25) is 0 Å². The number of nitrogens with one attached hydrogen (secondary N) is 2. The Bertz CT molecular complexity index is 424. The predicted molar refractivity (Wildman–Crippen MR) is 79.9 cm³/mol. The van der Waals surface area contributed by atoms with Crippen molar-refractivity contribution in [2.75, 3.05) is 24.8 Å². The first-order valence-electron chi connectivity index (χ1n) is 6.53. The van der Waals surface area contributed by atoms with Crippen LogP contribution in [0.25, 0.3) is 0 Å². The molecule has 0 bridgehead atoms. The molecule has 108 valence electrons. The molecule has 1 heterocycles. The average Bonchev–Trinajstić information content (AvgIpc) is 2.24. The second kappa shape index (κ2) is 5.63. The van der Waals surface area contributed by atoms with Crippen molar-refractivity contribution in [2.24, 2.45) is 5.41 Å². The van der Waals surface area contributed by atoms with Gasteiger partial charge in [-0.15, -0.1) is 0 Å². The quantitative estimate of drug-likeness (QED) is 0.857. The molecule has 0 atom stereocenters. The van der Waals surface area contributed by atoms with Crippen LogP contribution in [-0.4, -0.2) is 29.7 Å². The number of hydrogen-bond acceptors (Lipinski definition) is 5. The van der Waals surface area contributed by atoms with Gasteiger partial charge in [-0.25, -0.2) is 9.97 Å². The van der Waals surface area contributed by atoms with Crippen LogP contribution in [0, 0.1) is 5.41 Å². The molecule has 1 aromatic heterocycles. The lowest BCUT2D eigenvalue weighted by molar-refractivity contribution is 0.301. The van der Waals surface area contributed by atoms with Gasteiger partial charge in [0, 0.05) is 12.6 Å². The van der Waals surface area contributed by atoms with Gasteiger partial charge >= 0.3 is 0 Å². The van der Waals surface area contributed by atoms with Crippen molar-refractivity contribution in [3.8, 4) is 5.75 Å². The molecule has 0 amide bonds. The van der Waals surface area contributed by atoms with E-state index < -0.39 is 0 Å². The topological polar surface area (TPSA) is 59.1 Å². The molecule has 0 fully saturated rings. The second-order valence-electron chi connectivity index (χ2n) is 6.60.